The van der Waals surface area contributed by atoms with E-state index < -0.39 is 11.6 Å². The van der Waals surface area contributed by atoms with Crippen LogP contribution in [0, 0.1) is 0 Å². The number of aliphatic hydroxyl groups is 2. The molecule has 1 aromatic carbocycles. The molecule has 0 unspecified atom stereocenters. The van der Waals surface area contributed by atoms with Crippen molar-refractivity contribution in [3.05, 3.63) is 36.5 Å². The second-order valence-electron chi connectivity index (χ2n) is 6.98. The minimum absolute atomic E-state index is 0.109. The molecule has 0 radical (unpaired) electrons. The number of amides is 2. The largest absolute Gasteiger partial charge is 0.494 e. The van der Waals surface area contributed by atoms with Crippen LogP contribution in [0.3, 0.4) is 0 Å². The van der Waals surface area contributed by atoms with Gasteiger partial charge >= 0.3 is 6.03 Å². The number of ether oxygens (including phenoxy) is 1. The van der Waals surface area contributed by atoms with E-state index in [-0.39, 0.29) is 25.1 Å². The summed E-state index contributed by atoms with van der Waals surface area (Å²) in [5.74, 6) is 1.31. The summed E-state index contributed by atoms with van der Waals surface area (Å²) in [5.41, 5.74) is -0.406. The van der Waals surface area contributed by atoms with Gasteiger partial charge in [-0.3, -0.25) is 0 Å². The Bertz CT molecular complexity index is 792. The molecule has 158 valence electrons. The fraction of sp³-hybridized carbons (Fsp3) is 0.450. The Morgan fingerprint density at radius 3 is 2.55 bits per heavy atom. The number of hydrogen-bond acceptors (Lipinski definition) is 7. The molecule has 29 heavy (non-hydrogen) atoms. The molecular weight excluding hydrogens is 374 g/mol. The van der Waals surface area contributed by atoms with E-state index >= 15 is 0 Å². The summed E-state index contributed by atoms with van der Waals surface area (Å²) in [5, 5.41) is 24.9. The third kappa shape index (κ3) is 6.30. The molecule has 0 aliphatic heterocycles. The molecule has 0 aliphatic carbocycles. The van der Waals surface area contributed by atoms with Crippen molar-refractivity contribution in [3.8, 4) is 5.75 Å². The first kappa shape index (κ1) is 22.4. The second-order valence-corrected chi connectivity index (χ2v) is 6.98. The summed E-state index contributed by atoms with van der Waals surface area (Å²) in [6.45, 7) is 7.55. The number of carbonyl (C=O) groups is 1. The van der Waals surface area contributed by atoms with Crippen molar-refractivity contribution in [1.82, 2.24) is 15.3 Å². The molecule has 0 aliphatic rings. The number of benzene rings is 1. The molecule has 0 bridgehead atoms. The highest BCUT2D eigenvalue weighted by Gasteiger charge is 2.24. The zero-order valence-corrected chi connectivity index (χ0v) is 17.2. The highest BCUT2D eigenvalue weighted by molar-refractivity contribution is 5.98. The number of rotatable bonds is 9. The molecule has 9 nitrogen and oxygen atoms in total. The summed E-state index contributed by atoms with van der Waals surface area (Å²) >= 11 is 0. The number of nitrogens with zero attached hydrogens (tertiary/aromatic N) is 3. The van der Waals surface area contributed by atoms with Crippen LogP contribution in [0.15, 0.2) is 36.5 Å². The maximum atomic E-state index is 12.8. The predicted octanol–water partition coefficient (Wildman–Crippen LogP) is 2.29. The molecule has 0 fully saturated rings. The van der Waals surface area contributed by atoms with E-state index in [1.54, 1.807) is 44.2 Å². The first-order valence-corrected chi connectivity index (χ1v) is 9.50. The molecule has 0 spiro atoms. The molecule has 0 saturated carbocycles. The normalized spacial score (nSPS) is 12.2. The van der Waals surface area contributed by atoms with Crippen molar-refractivity contribution in [1.29, 1.82) is 0 Å². The maximum absolute atomic E-state index is 12.8. The molecular formula is C20H29N5O4. The Morgan fingerprint density at radius 1 is 1.28 bits per heavy atom. The number of anilines is 3. The van der Waals surface area contributed by atoms with Gasteiger partial charge in [0.2, 0.25) is 5.95 Å². The summed E-state index contributed by atoms with van der Waals surface area (Å²) in [7, 11) is 0. The van der Waals surface area contributed by atoms with Gasteiger partial charge in [0.15, 0.2) is 0 Å². The van der Waals surface area contributed by atoms with Crippen molar-refractivity contribution in [2.75, 3.05) is 30.0 Å². The van der Waals surface area contributed by atoms with Gasteiger partial charge in [-0.15, -0.1) is 0 Å². The van der Waals surface area contributed by atoms with Crippen molar-refractivity contribution in [2.45, 2.75) is 39.3 Å². The zero-order chi connectivity index (χ0) is 21.4. The third-order valence-corrected chi connectivity index (χ3v) is 4.27. The zero-order valence-electron chi connectivity index (χ0n) is 17.2. The van der Waals surface area contributed by atoms with Crippen molar-refractivity contribution in [3.63, 3.8) is 0 Å². The monoisotopic (exact) mass is 403 g/mol. The van der Waals surface area contributed by atoms with Crippen LogP contribution < -0.4 is 20.3 Å². The Morgan fingerprint density at radius 2 is 1.97 bits per heavy atom. The fourth-order valence-corrected chi connectivity index (χ4v) is 2.37. The van der Waals surface area contributed by atoms with Crippen LogP contribution in [0.2, 0.25) is 0 Å². The van der Waals surface area contributed by atoms with E-state index in [1.807, 2.05) is 13.8 Å². The molecule has 2 aromatic rings. The Kier molecular flexibility index (Phi) is 7.74. The van der Waals surface area contributed by atoms with Gasteiger partial charge < -0.3 is 25.6 Å². The van der Waals surface area contributed by atoms with E-state index in [2.05, 4.69) is 20.6 Å². The van der Waals surface area contributed by atoms with Crippen molar-refractivity contribution in [2.24, 2.45) is 0 Å². The van der Waals surface area contributed by atoms with E-state index in [4.69, 9.17) is 9.84 Å². The molecule has 0 saturated heterocycles. The lowest BCUT2D eigenvalue weighted by molar-refractivity contribution is 0.0646. The lowest BCUT2D eigenvalue weighted by Gasteiger charge is -2.27. The highest BCUT2D eigenvalue weighted by Crippen LogP contribution is 2.27. The summed E-state index contributed by atoms with van der Waals surface area (Å²) in [6, 6.07) is 7.87. The number of nitrogens with one attached hydrogen (secondary N) is 2. The Hall–Kier alpha value is -2.91. The van der Waals surface area contributed by atoms with Gasteiger partial charge in [-0.05, 0) is 52.0 Å². The molecule has 4 N–H and O–H groups in total. The lowest BCUT2D eigenvalue weighted by Crippen LogP contribution is -2.40. The first-order chi connectivity index (χ1) is 13.8. The average Bonchev–Trinajstić information content (AvgIpc) is 2.68. The summed E-state index contributed by atoms with van der Waals surface area (Å²) in [4.78, 5) is 22.7. The van der Waals surface area contributed by atoms with Crippen LogP contribution in [0.1, 0.15) is 27.7 Å². The van der Waals surface area contributed by atoms with Gasteiger partial charge in [0, 0.05) is 18.8 Å². The Labute approximate surface area is 170 Å². The smallest absolute Gasteiger partial charge is 0.327 e. The first-order valence-electron chi connectivity index (χ1n) is 9.50. The van der Waals surface area contributed by atoms with Gasteiger partial charge in [-0.1, -0.05) is 0 Å². The van der Waals surface area contributed by atoms with E-state index in [9.17, 15) is 9.90 Å². The van der Waals surface area contributed by atoms with Gasteiger partial charge in [0.25, 0.3) is 0 Å². The number of aliphatic hydroxyl groups excluding tert-OH is 1. The summed E-state index contributed by atoms with van der Waals surface area (Å²) < 4.78 is 5.45. The third-order valence-electron chi connectivity index (χ3n) is 4.27. The minimum atomic E-state index is -0.980. The van der Waals surface area contributed by atoms with Crippen molar-refractivity contribution < 1.29 is 19.7 Å². The van der Waals surface area contributed by atoms with E-state index in [0.717, 1.165) is 0 Å². The van der Waals surface area contributed by atoms with E-state index in [0.29, 0.717) is 23.9 Å². The van der Waals surface area contributed by atoms with Crippen LogP contribution in [0.4, 0.5) is 22.2 Å². The molecule has 1 atom stereocenters. The van der Waals surface area contributed by atoms with Crippen LogP contribution in [0.25, 0.3) is 0 Å². The molecule has 1 aromatic heterocycles. The van der Waals surface area contributed by atoms with Crippen molar-refractivity contribution >= 4 is 23.5 Å². The maximum Gasteiger partial charge on any atom is 0.327 e. The number of carbonyl (C=O) groups excluding carboxylic acids is 1. The molecule has 1 heterocycles. The minimum Gasteiger partial charge on any atom is -0.494 e. The molecule has 9 heteroatoms. The van der Waals surface area contributed by atoms with Crippen LogP contribution in [-0.2, 0) is 0 Å². The molecule has 2 rings (SSSR count). The predicted molar refractivity (Wildman–Crippen MR) is 112 cm³/mol. The highest BCUT2D eigenvalue weighted by atomic mass is 16.5. The van der Waals surface area contributed by atoms with Gasteiger partial charge in [-0.25, -0.2) is 14.7 Å². The standard InChI is InChI=1S/C20H29N5O4/c1-5-29-16-8-6-15(7-9-16)25(19(27)22-12-13-26)17-10-11-21-18(24-17)23-14(2)20(3,4)28/h6-11,14,26,28H,5,12-13H2,1-4H3,(H,22,27)(H,21,23,24)/t14-/m0/s1. The Balaban J connectivity index is 2.35. The second kappa shape index (κ2) is 10.0. The SMILES string of the molecule is CCOc1ccc(N(C(=O)NCCO)c2ccnc(N[C@@H](C)C(C)(C)O)n2)cc1. The van der Waals surface area contributed by atoms with E-state index in [1.165, 1.54) is 11.1 Å². The quantitative estimate of drug-likeness (QED) is 0.507. The van der Waals surface area contributed by atoms with Crippen LogP contribution in [0.5, 0.6) is 5.75 Å². The fourth-order valence-electron chi connectivity index (χ4n) is 2.37. The number of urea groups is 1. The average molecular weight is 403 g/mol. The van der Waals surface area contributed by atoms with Crippen LogP contribution in [-0.4, -0.2) is 57.6 Å². The topological polar surface area (TPSA) is 120 Å². The van der Waals surface area contributed by atoms with Gasteiger partial charge in [-0.2, -0.15) is 4.98 Å². The summed E-state index contributed by atoms with van der Waals surface area (Å²) in [6.07, 6.45) is 1.53. The number of aromatic nitrogens is 2. The van der Waals surface area contributed by atoms with Gasteiger partial charge in [0.05, 0.1) is 30.5 Å². The van der Waals surface area contributed by atoms with Gasteiger partial charge in [0.1, 0.15) is 11.6 Å². The molecule has 2 amide bonds. The number of hydrogen-bond donors (Lipinski definition) is 4. The van der Waals surface area contributed by atoms with Crippen LogP contribution >= 0.6 is 0 Å². The lowest BCUT2D eigenvalue weighted by atomic mass is 10.0.